The molecule has 1 atom stereocenters. The van der Waals surface area contributed by atoms with Gasteiger partial charge in [-0.15, -0.1) is 5.10 Å². The molecule has 0 aliphatic heterocycles. The highest BCUT2D eigenvalue weighted by Gasteiger charge is 2.25. The molecule has 0 fully saturated rings. The lowest BCUT2D eigenvalue weighted by Crippen LogP contribution is -2.10. The van der Waals surface area contributed by atoms with Crippen molar-refractivity contribution >= 4 is 16.9 Å². The van der Waals surface area contributed by atoms with Crippen LogP contribution in [0.2, 0.25) is 0 Å². The molecule has 0 aliphatic rings. The Morgan fingerprint density at radius 1 is 1.09 bits per heavy atom. The first-order valence-electron chi connectivity index (χ1n) is 10.3. The summed E-state index contributed by atoms with van der Waals surface area (Å²) in [5.41, 5.74) is 9.03. The van der Waals surface area contributed by atoms with Gasteiger partial charge in [0.15, 0.2) is 0 Å². The number of nitrogens with zero attached hydrogens (tertiary/aromatic N) is 8. The zero-order valence-corrected chi connectivity index (χ0v) is 17.9. The summed E-state index contributed by atoms with van der Waals surface area (Å²) in [6.45, 7) is 2.02. The fraction of sp³-hybridized carbons (Fsp3) is 0.182. The van der Waals surface area contributed by atoms with E-state index in [2.05, 4.69) is 30.2 Å². The number of hydrogen-bond acceptors (Lipinski definition) is 8. The van der Waals surface area contributed by atoms with Crippen LogP contribution >= 0.6 is 0 Å². The van der Waals surface area contributed by atoms with Gasteiger partial charge in [-0.2, -0.15) is 0 Å². The predicted octanol–water partition coefficient (Wildman–Crippen LogP) is 3.20. The van der Waals surface area contributed by atoms with Crippen LogP contribution in [0.15, 0.2) is 55.4 Å². The lowest BCUT2D eigenvalue weighted by atomic mass is 10.1. The van der Waals surface area contributed by atoms with Gasteiger partial charge in [0.25, 0.3) is 0 Å². The summed E-state index contributed by atoms with van der Waals surface area (Å²) < 4.78 is 23.0. The number of benzene rings is 1. The van der Waals surface area contributed by atoms with Crippen molar-refractivity contribution in [3.63, 3.8) is 0 Å². The Morgan fingerprint density at radius 3 is 2.70 bits per heavy atom. The second-order valence-electron chi connectivity index (χ2n) is 7.29. The number of anilines is 1. The Kier molecular flexibility index (Phi) is 5.13. The van der Waals surface area contributed by atoms with Crippen LogP contribution in [0.25, 0.3) is 28.0 Å². The van der Waals surface area contributed by atoms with E-state index in [4.69, 9.17) is 10.5 Å². The minimum Gasteiger partial charge on any atom is -0.479 e. The summed E-state index contributed by atoms with van der Waals surface area (Å²) in [5.74, 6) is 0.288. The van der Waals surface area contributed by atoms with E-state index in [1.54, 1.807) is 36.8 Å². The van der Waals surface area contributed by atoms with E-state index in [0.29, 0.717) is 51.8 Å². The number of para-hydroxylation sites is 1. The Hall–Kier alpha value is -4.41. The number of halogens is 1. The predicted molar refractivity (Wildman–Crippen MR) is 119 cm³/mol. The molecule has 0 radical (unpaired) electrons. The van der Waals surface area contributed by atoms with Crippen molar-refractivity contribution in [3.05, 3.63) is 66.9 Å². The summed E-state index contributed by atoms with van der Waals surface area (Å²) in [6, 6.07) is 6.15. The number of hydrogen-bond donors (Lipinski definition) is 1. The summed E-state index contributed by atoms with van der Waals surface area (Å²) in [7, 11) is 1.53. The first-order chi connectivity index (χ1) is 16.1. The number of aromatic nitrogens is 8. The van der Waals surface area contributed by atoms with E-state index >= 15 is 0 Å². The minimum atomic E-state index is -0.383. The molecule has 2 N–H and O–H groups in total. The van der Waals surface area contributed by atoms with Gasteiger partial charge < -0.3 is 15.0 Å². The third-order valence-corrected chi connectivity index (χ3v) is 5.43. The largest absolute Gasteiger partial charge is 0.479 e. The van der Waals surface area contributed by atoms with Gasteiger partial charge in [-0.1, -0.05) is 24.3 Å². The van der Waals surface area contributed by atoms with Gasteiger partial charge in [-0.05, 0) is 18.6 Å². The maximum Gasteiger partial charge on any atom is 0.240 e. The summed E-state index contributed by atoms with van der Waals surface area (Å²) in [6.07, 6.45) is 8.81. The topological polar surface area (TPSA) is 122 Å². The molecule has 5 aromatic rings. The number of methoxy groups -OCH3 is 1. The molecule has 5 rings (SSSR count). The molecule has 4 aromatic heterocycles. The average Bonchev–Trinajstić information content (AvgIpc) is 3.47. The van der Waals surface area contributed by atoms with Crippen molar-refractivity contribution in [1.29, 1.82) is 0 Å². The molecule has 4 heterocycles. The molecule has 0 spiro atoms. The smallest absolute Gasteiger partial charge is 0.240 e. The van der Waals surface area contributed by atoms with Crippen molar-refractivity contribution in [1.82, 2.24) is 39.5 Å². The molecular weight excluding hydrogens is 425 g/mol. The molecular formula is C22H20FN9O. The van der Waals surface area contributed by atoms with Crippen molar-refractivity contribution in [2.45, 2.75) is 19.4 Å². The highest BCUT2D eigenvalue weighted by molar-refractivity contribution is 6.00. The zero-order valence-electron chi connectivity index (χ0n) is 17.9. The normalized spacial score (nSPS) is 12.2. The van der Waals surface area contributed by atoms with Gasteiger partial charge in [-0.25, -0.2) is 29.0 Å². The molecule has 0 aliphatic carbocycles. The number of ether oxygens (including phenoxy) is 1. The van der Waals surface area contributed by atoms with Crippen LogP contribution in [0.1, 0.15) is 25.1 Å². The van der Waals surface area contributed by atoms with E-state index in [0.717, 1.165) is 0 Å². The third-order valence-electron chi connectivity index (χ3n) is 5.43. The summed E-state index contributed by atoms with van der Waals surface area (Å²) >= 11 is 0. The van der Waals surface area contributed by atoms with E-state index < -0.39 is 0 Å². The van der Waals surface area contributed by atoms with Crippen LogP contribution in [0.3, 0.4) is 0 Å². The van der Waals surface area contributed by atoms with Crippen LogP contribution in [-0.4, -0.2) is 46.6 Å². The highest BCUT2D eigenvalue weighted by atomic mass is 19.1. The lowest BCUT2D eigenvalue weighted by Gasteiger charge is -2.15. The van der Waals surface area contributed by atoms with Crippen LogP contribution in [-0.2, 0) is 0 Å². The molecule has 33 heavy (non-hydrogen) atoms. The van der Waals surface area contributed by atoms with Crippen LogP contribution in [0.5, 0.6) is 5.88 Å². The molecule has 1 aromatic carbocycles. The van der Waals surface area contributed by atoms with Gasteiger partial charge in [0.1, 0.15) is 40.7 Å². The maximum atomic E-state index is 14.3. The Labute approximate surface area is 187 Å². The van der Waals surface area contributed by atoms with Gasteiger partial charge in [0.05, 0.1) is 24.7 Å². The van der Waals surface area contributed by atoms with Crippen LogP contribution < -0.4 is 10.5 Å². The van der Waals surface area contributed by atoms with Crippen molar-refractivity contribution in [2.24, 2.45) is 0 Å². The molecule has 10 nitrogen and oxygen atoms in total. The quantitative estimate of drug-likeness (QED) is 0.423. The van der Waals surface area contributed by atoms with Gasteiger partial charge in [-0.3, -0.25) is 0 Å². The highest BCUT2D eigenvalue weighted by Crippen LogP contribution is 2.38. The second kappa shape index (κ2) is 8.26. The van der Waals surface area contributed by atoms with Crippen LogP contribution in [0, 0.1) is 5.82 Å². The Morgan fingerprint density at radius 2 is 1.91 bits per heavy atom. The molecule has 0 saturated carbocycles. The zero-order chi connectivity index (χ0) is 22.9. The molecule has 1 unspecified atom stereocenters. The summed E-state index contributed by atoms with van der Waals surface area (Å²) in [4.78, 5) is 17.4. The maximum absolute atomic E-state index is 14.3. The first kappa shape index (κ1) is 20.5. The van der Waals surface area contributed by atoms with Crippen molar-refractivity contribution in [3.8, 4) is 22.8 Å². The monoisotopic (exact) mass is 445 g/mol. The van der Waals surface area contributed by atoms with E-state index in [1.165, 1.54) is 24.2 Å². The number of fused-ring (bicyclic) bond motifs is 1. The molecule has 0 saturated heterocycles. The number of rotatable bonds is 6. The van der Waals surface area contributed by atoms with Crippen molar-refractivity contribution in [2.75, 3.05) is 12.8 Å². The fourth-order valence-electron chi connectivity index (χ4n) is 3.92. The summed E-state index contributed by atoms with van der Waals surface area (Å²) in [5, 5.41) is 9.10. The van der Waals surface area contributed by atoms with Gasteiger partial charge >= 0.3 is 0 Å². The Bertz CT molecular complexity index is 1450. The van der Waals surface area contributed by atoms with Crippen molar-refractivity contribution < 1.29 is 9.13 Å². The Balaban J connectivity index is 1.67. The molecule has 166 valence electrons. The third kappa shape index (κ3) is 3.43. The SMILES string of the molecule is CCC(c1cn(-c2ccccc2F)nn1)n1cc(-c2nccnc2OC)c2c(N)ncnc21. The lowest BCUT2D eigenvalue weighted by molar-refractivity contribution is 0.398. The minimum absolute atomic E-state index is 0.251. The molecule has 11 heteroatoms. The number of nitrogens with two attached hydrogens (primary N) is 1. The molecule has 0 amide bonds. The van der Waals surface area contributed by atoms with E-state index in [1.807, 2.05) is 17.7 Å². The van der Waals surface area contributed by atoms with Gasteiger partial charge in [0, 0.05) is 24.2 Å². The fourth-order valence-corrected chi connectivity index (χ4v) is 3.92. The standard InChI is InChI=1S/C22H20FN9O/c1-3-16(15-11-32(30-29-15)17-7-5-4-6-14(17)23)31-10-13(18-20(24)27-12-28-21(18)31)19-22(33-2)26-9-8-25-19/h4-12,16H,3H2,1-2H3,(H2,24,27,28). The van der Waals surface area contributed by atoms with E-state index in [-0.39, 0.29) is 11.9 Å². The molecule has 0 bridgehead atoms. The van der Waals surface area contributed by atoms with Gasteiger partial charge in [0.2, 0.25) is 5.88 Å². The second-order valence-corrected chi connectivity index (χ2v) is 7.29. The van der Waals surface area contributed by atoms with Crippen LogP contribution in [0.4, 0.5) is 10.2 Å². The first-order valence-corrected chi connectivity index (χ1v) is 10.3. The number of nitrogen functional groups attached to an aromatic ring is 1. The average molecular weight is 445 g/mol. The van der Waals surface area contributed by atoms with E-state index in [9.17, 15) is 4.39 Å².